The molecule has 0 aromatic carbocycles. The van der Waals surface area contributed by atoms with Gasteiger partial charge in [-0.1, -0.05) is 164 Å². The topological polar surface area (TPSA) is 134 Å². The van der Waals surface area contributed by atoms with Crippen molar-refractivity contribution in [2.75, 3.05) is 26.4 Å². The number of carbonyl (C=O) groups is 2. The zero-order valence-corrected chi connectivity index (χ0v) is 37.2. The number of unbranched alkanes of at least 4 members (excludes halogenated alkanes) is 19. The lowest BCUT2D eigenvalue weighted by Crippen LogP contribution is -2.29. The van der Waals surface area contributed by atoms with Crippen LogP contribution in [-0.2, 0) is 32.7 Å². The normalized spacial score (nSPS) is 13.8. The van der Waals surface area contributed by atoms with Crippen molar-refractivity contribution in [2.24, 2.45) is 5.73 Å². The van der Waals surface area contributed by atoms with Crippen LogP contribution < -0.4 is 5.73 Å². The Morgan fingerprint density at radius 2 is 0.965 bits per heavy atom. The standard InChI is InChI=1S/C47H84NO8P/c1-3-5-7-9-11-13-15-17-19-20-21-22-23-24-26-28-30-32-34-36-38-40-47(50)56-45(44-55-57(51,52)54-42-41-48)43-53-46(49)39-37-35-33-31-29-27-25-18-16-14-12-10-8-6-4-2/h5,7,11,13,17-19,21-22,25,45H,3-4,6,8-10,12,14-16,20,23-24,26-44,48H2,1-2H3,(H,51,52)/b7-5-,13-11-,19-17-,22-21-,25-18-. The van der Waals surface area contributed by atoms with Gasteiger partial charge in [0.15, 0.2) is 6.10 Å². The van der Waals surface area contributed by atoms with Gasteiger partial charge in [-0.15, -0.1) is 0 Å². The molecule has 0 heterocycles. The molecule has 0 fully saturated rings. The van der Waals surface area contributed by atoms with Crippen LogP contribution >= 0.6 is 7.82 Å². The van der Waals surface area contributed by atoms with Crippen molar-refractivity contribution in [2.45, 2.75) is 200 Å². The molecule has 0 amide bonds. The Hall–Kier alpha value is -2.29. The Labute approximate surface area is 349 Å². The van der Waals surface area contributed by atoms with E-state index in [9.17, 15) is 19.0 Å². The molecule has 0 saturated carbocycles. The van der Waals surface area contributed by atoms with Crippen molar-refractivity contribution in [3.05, 3.63) is 60.8 Å². The average Bonchev–Trinajstić information content (AvgIpc) is 3.20. The van der Waals surface area contributed by atoms with E-state index >= 15 is 0 Å². The van der Waals surface area contributed by atoms with Crippen molar-refractivity contribution in [1.29, 1.82) is 0 Å². The minimum atomic E-state index is -4.38. The highest BCUT2D eigenvalue weighted by Gasteiger charge is 2.26. The first-order chi connectivity index (χ1) is 27.8. The number of esters is 2. The molecule has 10 heteroatoms. The molecule has 2 atom stereocenters. The van der Waals surface area contributed by atoms with Gasteiger partial charge in [0.2, 0.25) is 0 Å². The third-order valence-corrected chi connectivity index (χ3v) is 10.4. The van der Waals surface area contributed by atoms with Gasteiger partial charge in [0.1, 0.15) is 6.61 Å². The second-order valence-electron chi connectivity index (χ2n) is 14.9. The van der Waals surface area contributed by atoms with Gasteiger partial charge in [0.05, 0.1) is 13.2 Å². The fourth-order valence-electron chi connectivity index (χ4n) is 6.03. The molecule has 0 aromatic rings. The van der Waals surface area contributed by atoms with Crippen molar-refractivity contribution < 1.29 is 37.6 Å². The van der Waals surface area contributed by atoms with Gasteiger partial charge in [0, 0.05) is 19.4 Å². The number of carbonyl (C=O) groups excluding carboxylic acids is 2. The predicted molar refractivity (Wildman–Crippen MR) is 238 cm³/mol. The van der Waals surface area contributed by atoms with E-state index in [1.807, 2.05) is 0 Å². The largest absolute Gasteiger partial charge is 0.472 e. The van der Waals surface area contributed by atoms with Gasteiger partial charge >= 0.3 is 19.8 Å². The second kappa shape index (κ2) is 43.3. The van der Waals surface area contributed by atoms with Crippen LogP contribution in [0.15, 0.2) is 60.8 Å². The van der Waals surface area contributed by atoms with E-state index in [1.54, 1.807) is 0 Å². The van der Waals surface area contributed by atoms with Crippen molar-refractivity contribution >= 4 is 19.8 Å². The summed E-state index contributed by atoms with van der Waals surface area (Å²) in [5.74, 6) is -0.849. The fraction of sp³-hybridized carbons (Fsp3) is 0.745. The van der Waals surface area contributed by atoms with E-state index in [-0.39, 0.29) is 32.6 Å². The number of ether oxygens (including phenoxy) is 2. The summed E-state index contributed by atoms with van der Waals surface area (Å²) >= 11 is 0. The molecule has 3 N–H and O–H groups in total. The van der Waals surface area contributed by atoms with Gasteiger partial charge in [-0.05, 0) is 77.0 Å². The van der Waals surface area contributed by atoms with E-state index in [2.05, 4.69) is 74.6 Å². The Morgan fingerprint density at radius 1 is 0.544 bits per heavy atom. The first kappa shape index (κ1) is 54.7. The van der Waals surface area contributed by atoms with Crippen LogP contribution in [-0.4, -0.2) is 49.3 Å². The first-order valence-corrected chi connectivity index (χ1v) is 24.3. The van der Waals surface area contributed by atoms with E-state index in [1.165, 1.54) is 70.6 Å². The molecule has 57 heavy (non-hydrogen) atoms. The number of phosphoric acid groups is 1. The summed E-state index contributed by atoms with van der Waals surface area (Å²) < 4.78 is 32.8. The quantitative estimate of drug-likeness (QED) is 0.0267. The summed E-state index contributed by atoms with van der Waals surface area (Å²) in [7, 11) is -4.38. The Kier molecular flexibility index (Phi) is 41.6. The van der Waals surface area contributed by atoms with Crippen molar-refractivity contribution in [1.82, 2.24) is 0 Å². The summed E-state index contributed by atoms with van der Waals surface area (Å²) in [5, 5.41) is 0. The van der Waals surface area contributed by atoms with Crippen molar-refractivity contribution in [3.63, 3.8) is 0 Å². The highest BCUT2D eigenvalue weighted by Crippen LogP contribution is 2.43. The molecule has 2 unspecified atom stereocenters. The molecule has 0 saturated heterocycles. The van der Waals surface area contributed by atoms with E-state index in [0.29, 0.717) is 6.42 Å². The number of phosphoric ester groups is 1. The highest BCUT2D eigenvalue weighted by molar-refractivity contribution is 7.47. The summed E-state index contributed by atoms with van der Waals surface area (Å²) in [5.41, 5.74) is 5.35. The summed E-state index contributed by atoms with van der Waals surface area (Å²) in [4.78, 5) is 34.9. The molecule has 330 valence electrons. The molecule has 9 nitrogen and oxygen atoms in total. The third-order valence-electron chi connectivity index (χ3n) is 9.39. The van der Waals surface area contributed by atoms with Gasteiger partial charge < -0.3 is 20.1 Å². The molecular weight excluding hydrogens is 737 g/mol. The number of rotatable bonds is 42. The van der Waals surface area contributed by atoms with Crippen LogP contribution in [0.5, 0.6) is 0 Å². The molecule has 0 aliphatic heterocycles. The van der Waals surface area contributed by atoms with E-state index < -0.39 is 32.5 Å². The lowest BCUT2D eigenvalue weighted by Gasteiger charge is -2.19. The van der Waals surface area contributed by atoms with E-state index in [4.69, 9.17) is 24.3 Å². The lowest BCUT2D eigenvalue weighted by atomic mass is 10.1. The Bertz CT molecular complexity index is 1120. The molecule has 0 bridgehead atoms. The molecule has 0 aromatic heterocycles. The van der Waals surface area contributed by atoms with Crippen molar-refractivity contribution in [3.8, 4) is 0 Å². The molecule has 0 radical (unpaired) electrons. The monoisotopic (exact) mass is 822 g/mol. The summed E-state index contributed by atoms with van der Waals surface area (Å²) in [6.07, 6.45) is 51.0. The van der Waals surface area contributed by atoms with Gasteiger partial charge in [-0.2, -0.15) is 0 Å². The lowest BCUT2D eigenvalue weighted by molar-refractivity contribution is -0.161. The number of hydrogen-bond acceptors (Lipinski definition) is 8. The van der Waals surface area contributed by atoms with Gasteiger partial charge in [-0.3, -0.25) is 18.6 Å². The zero-order chi connectivity index (χ0) is 41.8. The predicted octanol–water partition coefficient (Wildman–Crippen LogP) is 13.3. The molecule has 0 rings (SSSR count). The maximum atomic E-state index is 12.6. The summed E-state index contributed by atoms with van der Waals surface area (Å²) in [6, 6.07) is 0. The minimum Gasteiger partial charge on any atom is -0.462 e. The molecule has 0 spiro atoms. The van der Waals surface area contributed by atoms with Gasteiger partial charge in [0.25, 0.3) is 0 Å². The maximum absolute atomic E-state index is 12.6. The third kappa shape index (κ3) is 43.1. The van der Waals surface area contributed by atoms with Crippen LogP contribution in [0.2, 0.25) is 0 Å². The average molecular weight is 822 g/mol. The van der Waals surface area contributed by atoms with Crippen LogP contribution in [0.25, 0.3) is 0 Å². The Balaban J connectivity index is 4.15. The molecule has 0 aliphatic carbocycles. The van der Waals surface area contributed by atoms with Crippen LogP contribution in [0, 0.1) is 0 Å². The SMILES string of the molecule is CC/C=C\C/C=C\C/C=C\C/C=C\CCCCCCCCCCC(=O)OC(COC(=O)CCCCCCC/C=C\CCCCCCCC)COP(=O)(O)OCCN. The molecule has 0 aliphatic rings. The summed E-state index contributed by atoms with van der Waals surface area (Å²) in [6.45, 7) is 3.60. The van der Waals surface area contributed by atoms with Crippen LogP contribution in [0.1, 0.15) is 194 Å². The maximum Gasteiger partial charge on any atom is 0.472 e. The fourth-order valence-corrected chi connectivity index (χ4v) is 6.80. The second-order valence-corrected chi connectivity index (χ2v) is 16.3. The Morgan fingerprint density at radius 3 is 1.46 bits per heavy atom. The van der Waals surface area contributed by atoms with E-state index in [0.717, 1.165) is 89.9 Å². The van der Waals surface area contributed by atoms with Gasteiger partial charge in [-0.25, -0.2) is 4.57 Å². The number of allylic oxidation sites excluding steroid dienone is 10. The number of hydrogen-bond donors (Lipinski definition) is 2. The minimum absolute atomic E-state index is 0.0486. The first-order valence-electron chi connectivity index (χ1n) is 22.8. The van der Waals surface area contributed by atoms with Crippen LogP contribution in [0.4, 0.5) is 0 Å². The smallest absolute Gasteiger partial charge is 0.462 e. The van der Waals surface area contributed by atoms with Crippen LogP contribution in [0.3, 0.4) is 0 Å². The zero-order valence-electron chi connectivity index (χ0n) is 36.3. The number of nitrogens with two attached hydrogens (primary N) is 1. The highest BCUT2D eigenvalue weighted by atomic mass is 31.2. The molecular formula is C47H84NO8P.